The molecular weight excluding hydrogens is 326 g/mol. The van der Waals surface area contributed by atoms with Gasteiger partial charge in [-0.2, -0.15) is 0 Å². The molecule has 3 atom stereocenters. The Morgan fingerprint density at radius 1 is 1.35 bits per heavy atom. The highest BCUT2D eigenvalue weighted by Gasteiger charge is 2.41. The zero-order valence-electron chi connectivity index (χ0n) is 16.2. The molecule has 1 aromatic carbocycles. The highest BCUT2D eigenvalue weighted by Crippen LogP contribution is 2.40. The molecule has 1 aromatic rings. The van der Waals surface area contributed by atoms with E-state index in [1.165, 1.54) is 5.56 Å². The quantitative estimate of drug-likeness (QED) is 0.822. The van der Waals surface area contributed by atoms with Gasteiger partial charge in [-0.05, 0) is 62.3 Å². The lowest BCUT2D eigenvalue weighted by molar-refractivity contribution is -0.122. The Kier molecular flexibility index (Phi) is 5.84. The summed E-state index contributed by atoms with van der Waals surface area (Å²) in [4.78, 5) is 26.7. The van der Waals surface area contributed by atoms with Crippen molar-refractivity contribution in [1.29, 1.82) is 0 Å². The van der Waals surface area contributed by atoms with Crippen LogP contribution in [0.15, 0.2) is 18.2 Å². The lowest BCUT2D eigenvalue weighted by Crippen LogP contribution is -2.43. The molecule has 142 valence electrons. The third-order valence-electron chi connectivity index (χ3n) is 5.88. The van der Waals surface area contributed by atoms with Crippen LogP contribution in [0, 0.1) is 11.8 Å². The van der Waals surface area contributed by atoms with Gasteiger partial charge in [0, 0.05) is 43.3 Å². The second-order valence-corrected chi connectivity index (χ2v) is 7.78. The summed E-state index contributed by atoms with van der Waals surface area (Å²) in [7, 11) is 1.81. The minimum atomic E-state index is -0.0396. The molecule has 1 saturated carbocycles. The van der Waals surface area contributed by atoms with E-state index in [1.807, 2.05) is 32.2 Å². The van der Waals surface area contributed by atoms with Crippen molar-refractivity contribution in [3.05, 3.63) is 29.3 Å². The third-order valence-corrected chi connectivity index (χ3v) is 5.88. The van der Waals surface area contributed by atoms with E-state index in [-0.39, 0.29) is 23.8 Å². The highest BCUT2D eigenvalue weighted by molar-refractivity contribution is 5.95. The number of hydrogen-bond donors (Lipinski definition) is 2. The molecule has 1 heterocycles. The molecule has 2 amide bonds. The number of likely N-dealkylation sites (N-methyl/N-ethyl adjacent to an activating group) is 1. The molecule has 26 heavy (non-hydrogen) atoms. The van der Waals surface area contributed by atoms with Gasteiger partial charge in [0.25, 0.3) is 5.91 Å². The van der Waals surface area contributed by atoms with Crippen LogP contribution < -0.4 is 10.6 Å². The van der Waals surface area contributed by atoms with Crippen molar-refractivity contribution in [2.24, 2.45) is 11.8 Å². The van der Waals surface area contributed by atoms with Crippen LogP contribution in [-0.4, -0.2) is 42.9 Å². The van der Waals surface area contributed by atoms with E-state index in [9.17, 15) is 9.59 Å². The fraction of sp³-hybridized carbons (Fsp3) is 0.619. The van der Waals surface area contributed by atoms with Gasteiger partial charge in [-0.3, -0.25) is 9.59 Å². The number of benzene rings is 1. The van der Waals surface area contributed by atoms with Gasteiger partial charge in [0.15, 0.2) is 0 Å². The van der Waals surface area contributed by atoms with Crippen LogP contribution in [0.4, 0.5) is 5.69 Å². The predicted octanol–water partition coefficient (Wildman–Crippen LogP) is 3.06. The molecule has 3 rings (SSSR count). The van der Waals surface area contributed by atoms with Crippen LogP contribution in [-0.2, 0) is 11.2 Å². The standard InChI is InChI=1S/C21H31N3O2/c1-4-15-12-18(15)20(25)23-13-14(2)24(3)21(26)17-8-9-19-16(11-17)7-5-6-10-22-19/h8-9,11,14-15,18,22H,4-7,10,12-13H2,1-3H3,(H,23,25). The second kappa shape index (κ2) is 8.11. The van der Waals surface area contributed by atoms with Crippen LogP contribution in [0.25, 0.3) is 0 Å². The fourth-order valence-electron chi connectivity index (χ4n) is 3.71. The zero-order valence-corrected chi connectivity index (χ0v) is 16.2. The summed E-state index contributed by atoms with van der Waals surface area (Å²) < 4.78 is 0. The van der Waals surface area contributed by atoms with E-state index >= 15 is 0 Å². The Balaban J connectivity index is 1.56. The van der Waals surface area contributed by atoms with Crippen LogP contribution in [0.2, 0.25) is 0 Å². The van der Waals surface area contributed by atoms with Crippen LogP contribution >= 0.6 is 0 Å². The van der Waals surface area contributed by atoms with Crippen molar-refractivity contribution < 1.29 is 9.59 Å². The molecule has 1 fully saturated rings. The Morgan fingerprint density at radius 3 is 2.88 bits per heavy atom. The summed E-state index contributed by atoms with van der Waals surface area (Å²) in [5, 5.41) is 6.44. The monoisotopic (exact) mass is 357 g/mol. The Hall–Kier alpha value is -2.04. The summed E-state index contributed by atoms with van der Waals surface area (Å²) >= 11 is 0. The van der Waals surface area contributed by atoms with Crippen molar-refractivity contribution in [2.45, 2.75) is 52.0 Å². The van der Waals surface area contributed by atoms with Gasteiger partial charge in [0.05, 0.1) is 0 Å². The SMILES string of the molecule is CCC1CC1C(=O)NCC(C)N(C)C(=O)c1ccc2c(c1)CCCCN2. The first-order valence-corrected chi connectivity index (χ1v) is 9.93. The minimum Gasteiger partial charge on any atom is -0.385 e. The van der Waals surface area contributed by atoms with Gasteiger partial charge in [0.2, 0.25) is 5.91 Å². The molecule has 0 spiro atoms. The number of carbonyl (C=O) groups is 2. The molecule has 5 heteroatoms. The van der Waals surface area contributed by atoms with E-state index < -0.39 is 0 Å². The van der Waals surface area contributed by atoms with Gasteiger partial charge >= 0.3 is 0 Å². The van der Waals surface area contributed by atoms with Crippen molar-refractivity contribution >= 4 is 17.5 Å². The molecular formula is C21H31N3O2. The molecule has 0 aromatic heterocycles. The number of anilines is 1. The number of fused-ring (bicyclic) bond motifs is 1. The molecule has 5 nitrogen and oxygen atoms in total. The largest absolute Gasteiger partial charge is 0.385 e. The van der Waals surface area contributed by atoms with Crippen LogP contribution in [0.3, 0.4) is 0 Å². The maximum atomic E-state index is 12.8. The summed E-state index contributed by atoms with van der Waals surface area (Å²) in [6.45, 7) is 5.60. The van der Waals surface area contributed by atoms with Gasteiger partial charge < -0.3 is 15.5 Å². The number of amides is 2. The van der Waals surface area contributed by atoms with Gasteiger partial charge in [0.1, 0.15) is 0 Å². The van der Waals surface area contributed by atoms with E-state index in [0.29, 0.717) is 12.5 Å². The average molecular weight is 357 g/mol. The molecule has 3 unspecified atom stereocenters. The molecule has 1 aliphatic heterocycles. The maximum Gasteiger partial charge on any atom is 0.253 e. The predicted molar refractivity (Wildman–Crippen MR) is 104 cm³/mol. The van der Waals surface area contributed by atoms with E-state index in [2.05, 4.69) is 17.6 Å². The molecule has 0 bridgehead atoms. The first-order chi connectivity index (χ1) is 12.5. The number of nitrogens with one attached hydrogen (secondary N) is 2. The number of carbonyl (C=O) groups excluding carboxylic acids is 2. The first kappa shape index (κ1) is 18.7. The maximum absolute atomic E-state index is 12.8. The number of rotatable bonds is 6. The van der Waals surface area contributed by atoms with E-state index in [1.54, 1.807) is 4.90 Å². The van der Waals surface area contributed by atoms with E-state index in [0.717, 1.165) is 49.9 Å². The van der Waals surface area contributed by atoms with Crippen molar-refractivity contribution in [2.75, 3.05) is 25.5 Å². The summed E-state index contributed by atoms with van der Waals surface area (Å²) in [6.07, 6.45) is 5.40. The third kappa shape index (κ3) is 4.19. The summed E-state index contributed by atoms with van der Waals surface area (Å²) in [6, 6.07) is 5.90. The van der Waals surface area contributed by atoms with Crippen LogP contribution in [0.1, 0.15) is 55.5 Å². The molecule has 2 N–H and O–H groups in total. The van der Waals surface area contributed by atoms with Crippen molar-refractivity contribution in [3.8, 4) is 0 Å². The molecule has 2 aliphatic rings. The van der Waals surface area contributed by atoms with E-state index in [4.69, 9.17) is 0 Å². The first-order valence-electron chi connectivity index (χ1n) is 9.93. The Bertz CT molecular complexity index is 673. The Labute approximate surface area is 156 Å². The fourth-order valence-corrected chi connectivity index (χ4v) is 3.71. The van der Waals surface area contributed by atoms with Crippen LogP contribution in [0.5, 0.6) is 0 Å². The highest BCUT2D eigenvalue weighted by atomic mass is 16.2. The number of hydrogen-bond acceptors (Lipinski definition) is 3. The zero-order chi connectivity index (χ0) is 18.7. The molecule has 1 aliphatic carbocycles. The lowest BCUT2D eigenvalue weighted by Gasteiger charge is -2.26. The summed E-state index contributed by atoms with van der Waals surface area (Å²) in [5.74, 6) is 0.889. The van der Waals surface area contributed by atoms with Gasteiger partial charge in [-0.25, -0.2) is 0 Å². The van der Waals surface area contributed by atoms with Gasteiger partial charge in [-0.15, -0.1) is 0 Å². The topological polar surface area (TPSA) is 61.4 Å². The average Bonchev–Trinajstić information content (AvgIpc) is 3.46. The molecule has 0 saturated heterocycles. The van der Waals surface area contributed by atoms with Crippen molar-refractivity contribution in [3.63, 3.8) is 0 Å². The number of aryl methyl sites for hydroxylation is 1. The van der Waals surface area contributed by atoms with Gasteiger partial charge in [-0.1, -0.05) is 13.3 Å². The Morgan fingerprint density at radius 2 is 2.15 bits per heavy atom. The van der Waals surface area contributed by atoms with Crippen molar-refractivity contribution in [1.82, 2.24) is 10.2 Å². The summed E-state index contributed by atoms with van der Waals surface area (Å²) in [5.41, 5.74) is 3.10. The second-order valence-electron chi connectivity index (χ2n) is 7.78. The minimum absolute atomic E-state index is 0.0108. The number of nitrogens with zero attached hydrogens (tertiary/aromatic N) is 1. The lowest BCUT2D eigenvalue weighted by atomic mass is 10.0. The molecule has 0 radical (unpaired) electrons. The normalized spacial score (nSPS) is 22.4. The smallest absolute Gasteiger partial charge is 0.253 e.